The van der Waals surface area contributed by atoms with Gasteiger partial charge in [0.25, 0.3) is 5.91 Å². The van der Waals surface area contributed by atoms with Crippen LogP contribution >= 0.6 is 0 Å². The average Bonchev–Trinajstić information content (AvgIpc) is 2.65. The Bertz CT molecular complexity index is 779. The molecule has 0 saturated heterocycles. The first-order chi connectivity index (χ1) is 12.1. The minimum atomic E-state index is 0.0358. The molecule has 1 aliphatic rings. The van der Waals surface area contributed by atoms with Gasteiger partial charge in [0.2, 0.25) is 0 Å². The summed E-state index contributed by atoms with van der Waals surface area (Å²) in [5.74, 6) is 0.870. The Morgan fingerprint density at radius 2 is 1.80 bits per heavy atom. The summed E-state index contributed by atoms with van der Waals surface area (Å²) in [6.45, 7) is 3.59. The van der Waals surface area contributed by atoms with E-state index in [9.17, 15) is 4.79 Å². The maximum absolute atomic E-state index is 12.9. The summed E-state index contributed by atoms with van der Waals surface area (Å²) in [5.41, 5.74) is 3.94. The van der Waals surface area contributed by atoms with Crippen LogP contribution in [0.4, 0.5) is 5.69 Å². The van der Waals surface area contributed by atoms with Crippen LogP contribution in [0.3, 0.4) is 0 Å². The van der Waals surface area contributed by atoms with Crippen LogP contribution in [0.1, 0.15) is 18.1 Å². The van der Waals surface area contributed by atoms with E-state index in [0.29, 0.717) is 25.3 Å². The Hall–Kier alpha value is -2.75. The largest absolute Gasteiger partial charge is 0.488 e. The lowest BCUT2D eigenvalue weighted by atomic mass is 10.1. The van der Waals surface area contributed by atoms with Gasteiger partial charge in [0.1, 0.15) is 12.4 Å². The van der Waals surface area contributed by atoms with Crippen LogP contribution in [0, 0.1) is 0 Å². The molecule has 3 rings (SSSR count). The van der Waals surface area contributed by atoms with Gasteiger partial charge >= 0.3 is 0 Å². The van der Waals surface area contributed by atoms with E-state index in [1.165, 1.54) is 0 Å². The van der Waals surface area contributed by atoms with Crippen LogP contribution in [-0.4, -0.2) is 38.1 Å². The maximum Gasteiger partial charge on any atom is 0.253 e. The number of fused-ring (bicyclic) bond motifs is 1. The van der Waals surface area contributed by atoms with Crippen molar-refractivity contribution in [2.75, 3.05) is 32.1 Å². The quantitative estimate of drug-likeness (QED) is 0.837. The minimum Gasteiger partial charge on any atom is -0.488 e. The molecule has 25 heavy (non-hydrogen) atoms. The topological polar surface area (TPSA) is 32.8 Å². The number of carbonyl (C=O) groups excluding carboxylic acids is 1. The molecular weight excluding hydrogens is 312 g/mol. The van der Waals surface area contributed by atoms with E-state index in [0.717, 1.165) is 22.6 Å². The molecule has 0 radical (unpaired) electrons. The van der Waals surface area contributed by atoms with Crippen LogP contribution in [0.25, 0.3) is 6.08 Å². The summed E-state index contributed by atoms with van der Waals surface area (Å²) >= 11 is 0. The molecule has 1 amide bonds. The number of carbonyl (C=O) groups is 1. The number of hydrogen-bond acceptors (Lipinski definition) is 3. The first-order valence-electron chi connectivity index (χ1n) is 8.56. The van der Waals surface area contributed by atoms with E-state index < -0.39 is 0 Å². The van der Waals surface area contributed by atoms with E-state index in [1.54, 1.807) is 0 Å². The van der Waals surface area contributed by atoms with Crippen LogP contribution in [-0.2, 0) is 11.3 Å². The Morgan fingerprint density at radius 3 is 2.48 bits per heavy atom. The van der Waals surface area contributed by atoms with Crippen LogP contribution in [0.15, 0.2) is 54.1 Å². The predicted molar refractivity (Wildman–Crippen MR) is 102 cm³/mol. The molecule has 0 spiro atoms. The van der Waals surface area contributed by atoms with Gasteiger partial charge in [-0.05, 0) is 36.8 Å². The fourth-order valence-electron chi connectivity index (χ4n) is 2.89. The molecule has 0 saturated carbocycles. The smallest absolute Gasteiger partial charge is 0.253 e. The summed E-state index contributed by atoms with van der Waals surface area (Å²) < 4.78 is 5.72. The SMILES string of the molecule is CCN(Cc1ccc(N(C)C)cc1)C(=O)C1=Cc2ccccc2OC1. The molecular formula is C21H24N2O2. The van der Waals surface area contributed by atoms with Gasteiger partial charge in [0, 0.05) is 38.4 Å². The number of amides is 1. The Kier molecular flexibility index (Phi) is 5.08. The number of para-hydroxylation sites is 1. The third kappa shape index (κ3) is 3.85. The van der Waals surface area contributed by atoms with Crippen molar-refractivity contribution in [3.05, 3.63) is 65.2 Å². The van der Waals surface area contributed by atoms with Gasteiger partial charge in [0.15, 0.2) is 0 Å². The summed E-state index contributed by atoms with van der Waals surface area (Å²) in [7, 11) is 4.04. The molecule has 0 unspecified atom stereocenters. The van der Waals surface area contributed by atoms with Crippen LogP contribution in [0.2, 0.25) is 0 Å². The molecule has 1 aliphatic heterocycles. The fourth-order valence-corrected chi connectivity index (χ4v) is 2.89. The highest BCUT2D eigenvalue weighted by Crippen LogP contribution is 2.26. The number of benzene rings is 2. The molecule has 0 N–H and O–H groups in total. The zero-order valence-electron chi connectivity index (χ0n) is 15.0. The Labute approximate surface area is 149 Å². The van der Waals surface area contributed by atoms with Gasteiger partial charge in [-0.3, -0.25) is 4.79 Å². The predicted octanol–water partition coefficient (Wildman–Crippen LogP) is 3.58. The van der Waals surface area contributed by atoms with Crippen molar-refractivity contribution < 1.29 is 9.53 Å². The van der Waals surface area contributed by atoms with Gasteiger partial charge < -0.3 is 14.5 Å². The van der Waals surface area contributed by atoms with E-state index >= 15 is 0 Å². The number of nitrogens with zero attached hydrogens (tertiary/aromatic N) is 2. The number of likely N-dealkylation sites (N-methyl/N-ethyl adjacent to an activating group) is 1. The average molecular weight is 336 g/mol. The lowest BCUT2D eigenvalue weighted by molar-refractivity contribution is -0.127. The highest BCUT2D eigenvalue weighted by Gasteiger charge is 2.21. The van der Waals surface area contributed by atoms with Crippen molar-refractivity contribution in [3.8, 4) is 5.75 Å². The Balaban J connectivity index is 1.75. The van der Waals surface area contributed by atoms with Crippen molar-refractivity contribution in [2.24, 2.45) is 0 Å². The second-order valence-electron chi connectivity index (χ2n) is 6.38. The molecule has 0 fully saturated rings. The molecule has 4 nitrogen and oxygen atoms in total. The van der Waals surface area contributed by atoms with Crippen molar-refractivity contribution in [1.29, 1.82) is 0 Å². The molecule has 0 bridgehead atoms. The van der Waals surface area contributed by atoms with E-state index in [4.69, 9.17) is 4.74 Å². The monoisotopic (exact) mass is 336 g/mol. The number of hydrogen-bond donors (Lipinski definition) is 0. The molecule has 0 aromatic heterocycles. The number of rotatable bonds is 5. The van der Waals surface area contributed by atoms with Gasteiger partial charge in [0.05, 0.1) is 5.57 Å². The first kappa shape index (κ1) is 17.1. The van der Waals surface area contributed by atoms with E-state index in [1.807, 2.05) is 56.3 Å². The van der Waals surface area contributed by atoms with Gasteiger partial charge in [-0.1, -0.05) is 30.3 Å². The standard InChI is InChI=1S/C21H24N2O2/c1-4-23(14-16-9-11-19(12-10-16)22(2)3)21(24)18-13-17-7-5-6-8-20(17)25-15-18/h5-13H,4,14-15H2,1-3H3. The minimum absolute atomic E-state index is 0.0358. The van der Waals surface area contributed by atoms with Crippen molar-refractivity contribution >= 4 is 17.7 Å². The molecule has 1 heterocycles. The highest BCUT2D eigenvalue weighted by atomic mass is 16.5. The third-order valence-corrected chi connectivity index (χ3v) is 4.40. The normalized spacial score (nSPS) is 12.7. The molecule has 0 atom stereocenters. The Morgan fingerprint density at radius 1 is 1.08 bits per heavy atom. The molecule has 130 valence electrons. The van der Waals surface area contributed by atoms with Crippen molar-refractivity contribution in [2.45, 2.75) is 13.5 Å². The lowest BCUT2D eigenvalue weighted by Gasteiger charge is -2.25. The molecule has 2 aromatic carbocycles. The second-order valence-corrected chi connectivity index (χ2v) is 6.38. The van der Waals surface area contributed by atoms with Crippen molar-refractivity contribution in [1.82, 2.24) is 4.90 Å². The van der Waals surface area contributed by atoms with Gasteiger partial charge in [-0.15, -0.1) is 0 Å². The summed E-state index contributed by atoms with van der Waals surface area (Å²) in [6.07, 6.45) is 1.94. The fraction of sp³-hybridized carbons (Fsp3) is 0.286. The van der Waals surface area contributed by atoms with Gasteiger partial charge in [-0.2, -0.15) is 0 Å². The first-order valence-corrected chi connectivity index (χ1v) is 8.56. The summed E-state index contributed by atoms with van der Waals surface area (Å²) in [4.78, 5) is 16.8. The number of anilines is 1. The van der Waals surface area contributed by atoms with Crippen molar-refractivity contribution in [3.63, 3.8) is 0 Å². The summed E-state index contributed by atoms with van der Waals surface area (Å²) in [5, 5.41) is 0. The zero-order chi connectivity index (χ0) is 17.8. The molecule has 0 aliphatic carbocycles. The zero-order valence-corrected chi connectivity index (χ0v) is 15.0. The highest BCUT2D eigenvalue weighted by molar-refractivity contribution is 5.99. The molecule has 4 heteroatoms. The lowest BCUT2D eigenvalue weighted by Crippen LogP contribution is -2.33. The summed E-state index contributed by atoms with van der Waals surface area (Å²) in [6, 6.07) is 16.1. The van der Waals surface area contributed by atoms with Crippen LogP contribution < -0.4 is 9.64 Å². The maximum atomic E-state index is 12.9. The van der Waals surface area contributed by atoms with E-state index in [2.05, 4.69) is 29.2 Å². The third-order valence-electron chi connectivity index (χ3n) is 4.40. The van der Waals surface area contributed by atoms with Gasteiger partial charge in [-0.25, -0.2) is 0 Å². The molecule has 2 aromatic rings. The van der Waals surface area contributed by atoms with E-state index in [-0.39, 0.29) is 5.91 Å². The number of ether oxygens (including phenoxy) is 1. The van der Waals surface area contributed by atoms with Crippen LogP contribution in [0.5, 0.6) is 5.75 Å². The second kappa shape index (κ2) is 7.43.